The van der Waals surface area contributed by atoms with Crippen molar-refractivity contribution in [3.05, 3.63) is 28.7 Å². The molecule has 3 unspecified atom stereocenters. The number of hydrogen-bond donors (Lipinski definition) is 1. The number of anilines is 1. The van der Waals surface area contributed by atoms with Crippen molar-refractivity contribution in [2.75, 3.05) is 24.5 Å². The summed E-state index contributed by atoms with van der Waals surface area (Å²) >= 11 is 3.44. The quantitative estimate of drug-likeness (QED) is 0.737. The lowest BCUT2D eigenvalue weighted by Gasteiger charge is -2.26. The van der Waals surface area contributed by atoms with Gasteiger partial charge in [-0.05, 0) is 43.9 Å². The first-order valence-corrected chi connectivity index (χ1v) is 9.53. The van der Waals surface area contributed by atoms with Crippen LogP contribution in [0.15, 0.2) is 28.7 Å². The largest absolute Gasteiger partial charge is 0.340 e. The minimum Gasteiger partial charge on any atom is -0.340 e. The molecule has 3 atom stereocenters. The monoisotopic (exact) mass is 427 g/mol. The molecule has 4 rings (SSSR count). The average molecular weight is 429 g/mol. The van der Waals surface area contributed by atoms with E-state index in [1.54, 1.807) is 4.90 Å². The van der Waals surface area contributed by atoms with Crippen LogP contribution in [0.2, 0.25) is 0 Å². The van der Waals surface area contributed by atoms with Crippen LogP contribution < -0.4 is 10.2 Å². The fraction of sp³-hybridized carbons (Fsp3) is 0.556. The van der Waals surface area contributed by atoms with Crippen LogP contribution in [-0.2, 0) is 9.59 Å². The number of hydrogen-bond acceptors (Lipinski definition) is 3. The van der Waals surface area contributed by atoms with Gasteiger partial charge in [0, 0.05) is 41.9 Å². The number of halogens is 2. The molecule has 136 valence electrons. The first kappa shape index (κ1) is 18.7. The zero-order valence-electron chi connectivity index (χ0n) is 14.0. The van der Waals surface area contributed by atoms with Gasteiger partial charge in [-0.15, -0.1) is 12.4 Å². The molecule has 0 saturated carbocycles. The Balaban J connectivity index is 0.00000182. The van der Waals surface area contributed by atoms with Gasteiger partial charge in [-0.25, -0.2) is 0 Å². The van der Waals surface area contributed by atoms with E-state index < -0.39 is 5.92 Å². The van der Waals surface area contributed by atoms with E-state index in [-0.39, 0.29) is 24.2 Å². The van der Waals surface area contributed by atoms with Crippen molar-refractivity contribution in [1.29, 1.82) is 0 Å². The molecular weight excluding hydrogens is 406 g/mol. The van der Waals surface area contributed by atoms with Crippen LogP contribution >= 0.6 is 28.3 Å². The van der Waals surface area contributed by atoms with Gasteiger partial charge < -0.3 is 15.1 Å². The summed E-state index contributed by atoms with van der Waals surface area (Å²) in [5.41, 5.74) is 0.862. The Morgan fingerprint density at radius 1 is 1.12 bits per heavy atom. The summed E-state index contributed by atoms with van der Waals surface area (Å²) in [4.78, 5) is 29.4. The van der Waals surface area contributed by atoms with Gasteiger partial charge in [0.15, 0.2) is 0 Å². The van der Waals surface area contributed by atoms with E-state index >= 15 is 0 Å². The van der Waals surface area contributed by atoms with Crippen molar-refractivity contribution < 1.29 is 9.59 Å². The lowest BCUT2D eigenvalue weighted by atomic mass is 10.0. The maximum Gasteiger partial charge on any atom is 0.239 e. The van der Waals surface area contributed by atoms with Gasteiger partial charge in [0.25, 0.3) is 0 Å². The van der Waals surface area contributed by atoms with Crippen LogP contribution in [0.4, 0.5) is 5.69 Å². The molecule has 5 nitrogen and oxygen atoms in total. The van der Waals surface area contributed by atoms with E-state index in [1.165, 1.54) is 6.42 Å². The first-order chi connectivity index (χ1) is 11.6. The number of amides is 2. The molecule has 3 aliphatic rings. The predicted octanol–water partition coefficient (Wildman–Crippen LogP) is 2.58. The standard InChI is InChI=1S/C18H22BrN3O2.ClH/c19-12-2-1-3-15(10-12)22-9-7-16(18(22)24)17(23)21-8-6-13-4-5-14(11-21)20-13;/h1-3,10,13-14,16,20H,4-9,11H2;1H. The van der Waals surface area contributed by atoms with E-state index in [4.69, 9.17) is 0 Å². The summed E-state index contributed by atoms with van der Waals surface area (Å²) in [7, 11) is 0. The van der Waals surface area contributed by atoms with Gasteiger partial charge in [-0.2, -0.15) is 0 Å². The van der Waals surface area contributed by atoms with Gasteiger partial charge in [0.2, 0.25) is 11.8 Å². The minimum absolute atomic E-state index is 0. The van der Waals surface area contributed by atoms with Crippen LogP contribution in [-0.4, -0.2) is 48.4 Å². The van der Waals surface area contributed by atoms with Crippen LogP contribution in [0.25, 0.3) is 0 Å². The molecule has 0 aromatic heterocycles. The van der Waals surface area contributed by atoms with Gasteiger partial charge in [0.1, 0.15) is 5.92 Å². The van der Waals surface area contributed by atoms with Crippen molar-refractivity contribution >= 4 is 45.8 Å². The van der Waals surface area contributed by atoms with Crippen molar-refractivity contribution in [2.24, 2.45) is 5.92 Å². The maximum atomic E-state index is 12.9. The highest BCUT2D eigenvalue weighted by Gasteiger charge is 2.41. The number of carbonyl (C=O) groups is 2. The normalized spacial score (nSPS) is 28.7. The maximum absolute atomic E-state index is 12.9. The molecule has 3 saturated heterocycles. The topological polar surface area (TPSA) is 52.7 Å². The zero-order valence-corrected chi connectivity index (χ0v) is 16.4. The third-order valence-corrected chi connectivity index (χ3v) is 5.95. The molecule has 1 aromatic rings. The second kappa shape index (κ2) is 7.64. The third kappa shape index (κ3) is 3.71. The van der Waals surface area contributed by atoms with Gasteiger partial charge >= 0.3 is 0 Å². The molecule has 0 aliphatic carbocycles. The zero-order chi connectivity index (χ0) is 16.7. The van der Waals surface area contributed by atoms with Crippen LogP contribution in [0.3, 0.4) is 0 Å². The predicted molar refractivity (Wildman–Crippen MR) is 103 cm³/mol. The van der Waals surface area contributed by atoms with E-state index in [0.717, 1.165) is 36.1 Å². The molecular formula is C18H23BrClN3O2. The Morgan fingerprint density at radius 2 is 1.92 bits per heavy atom. The van der Waals surface area contributed by atoms with Gasteiger partial charge in [-0.3, -0.25) is 9.59 Å². The Bertz CT molecular complexity index is 671. The Labute approximate surface area is 162 Å². The molecule has 3 aliphatic heterocycles. The van der Waals surface area contributed by atoms with E-state index in [2.05, 4.69) is 21.2 Å². The number of carbonyl (C=O) groups excluding carboxylic acids is 2. The smallest absolute Gasteiger partial charge is 0.239 e. The summed E-state index contributed by atoms with van der Waals surface area (Å²) in [6, 6.07) is 8.65. The number of likely N-dealkylation sites (tertiary alicyclic amines) is 1. The number of nitrogens with zero attached hydrogens (tertiary/aromatic N) is 2. The highest BCUT2D eigenvalue weighted by molar-refractivity contribution is 9.10. The SMILES string of the molecule is Cl.O=C(C1CCN(c2cccc(Br)c2)C1=O)N1CCC2CCC(C1)N2. The minimum atomic E-state index is -0.513. The second-order valence-electron chi connectivity index (χ2n) is 7.02. The molecule has 3 fully saturated rings. The first-order valence-electron chi connectivity index (χ1n) is 8.73. The molecule has 1 aromatic carbocycles. The van der Waals surface area contributed by atoms with Crippen molar-refractivity contribution in [1.82, 2.24) is 10.2 Å². The van der Waals surface area contributed by atoms with Crippen molar-refractivity contribution in [3.63, 3.8) is 0 Å². The number of rotatable bonds is 2. The Kier molecular flexibility index (Phi) is 5.71. The molecule has 0 spiro atoms. The molecule has 25 heavy (non-hydrogen) atoms. The molecule has 3 heterocycles. The third-order valence-electron chi connectivity index (χ3n) is 5.46. The number of fused-ring (bicyclic) bond motifs is 2. The summed E-state index contributed by atoms with van der Waals surface area (Å²) < 4.78 is 0.942. The van der Waals surface area contributed by atoms with Crippen LogP contribution in [0, 0.1) is 5.92 Å². The van der Waals surface area contributed by atoms with E-state index in [0.29, 0.717) is 25.0 Å². The molecule has 1 N–H and O–H groups in total. The highest BCUT2D eigenvalue weighted by atomic mass is 79.9. The molecule has 2 bridgehead atoms. The van der Waals surface area contributed by atoms with Crippen LogP contribution in [0.1, 0.15) is 25.7 Å². The fourth-order valence-electron chi connectivity index (χ4n) is 4.17. The molecule has 7 heteroatoms. The fourth-order valence-corrected chi connectivity index (χ4v) is 4.56. The van der Waals surface area contributed by atoms with E-state index in [9.17, 15) is 9.59 Å². The van der Waals surface area contributed by atoms with Gasteiger partial charge in [-0.1, -0.05) is 22.0 Å². The van der Waals surface area contributed by atoms with Crippen molar-refractivity contribution in [2.45, 2.75) is 37.8 Å². The summed E-state index contributed by atoms with van der Waals surface area (Å²) in [5.74, 6) is -0.548. The van der Waals surface area contributed by atoms with Crippen molar-refractivity contribution in [3.8, 4) is 0 Å². The lowest BCUT2D eigenvalue weighted by Crippen LogP contribution is -2.44. The van der Waals surface area contributed by atoms with Crippen LogP contribution in [0.5, 0.6) is 0 Å². The Hall–Kier alpha value is -1.11. The average Bonchev–Trinajstić information content (AvgIpc) is 3.09. The lowest BCUT2D eigenvalue weighted by molar-refractivity contribution is -0.140. The molecule has 2 amide bonds. The number of benzene rings is 1. The van der Waals surface area contributed by atoms with Gasteiger partial charge in [0.05, 0.1) is 0 Å². The Morgan fingerprint density at radius 3 is 2.72 bits per heavy atom. The summed E-state index contributed by atoms with van der Waals surface area (Å²) in [6.45, 7) is 2.13. The molecule has 0 radical (unpaired) electrons. The summed E-state index contributed by atoms with van der Waals surface area (Å²) in [5, 5.41) is 3.59. The summed E-state index contributed by atoms with van der Waals surface area (Å²) in [6.07, 6.45) is 3.96. The second-order valence-corrected chi connectivity index (χ2v) is 7.94. The number of nitrogens with one attached hydrogen (secondary N) is 1. The highest BCUT2D eigenvalue weighted by Crippen LogP contribution is 2.29. The van der Waals surface area contributed by atoms with E-state index in [1.807, 2.05) is 29.2 Å².